The average Bonchev–Trinajstić information content (AvgIpc) is 2.92. The van der Waals surface area contributed by atoms with Crippen LogP contribution in [-0.2, 0) is 0 Å². The number of nitrogens with zero attached hydrogens (tertiary/aromatic N) is 2. The van der Waals surface area contributed by atoms with Crippen LogP contribution in [0.3, 0.4) is 0 Å². The molecule has 2 heterocycles. The van der Waals surface area contributed by atoms with Gasteiger partial charge in [0.25, 0.3) is 0 Å². The van der Waals surface area contributed by atoms with Crippen molar-refractivity contribution in [2.75, 3.05) is 26.2 Å². The first-order valence-electron chi connectivity index (χ1n) is 8.05. The number of piperazine rings is 1. The summed E-state index contributed by atoms with van der Waals surface area (Å²) in [4.78, 5) is 5.21. The van der Waals surface area contributed by atoms with Crippen molar-refractivity contribution in [1.29, 1.82) is 0 Å². The van der Waals surface area contributed by atoms with Crippen molar-refractivity contribution in [3.63, 3.8) is 0 Å². The van der Waals surface area contributed by atoms with Gasteiger partial charge in [-0.25, -0.2) is 0 Å². The molecule has 0 spiro atoms. The van der Waals surface area contributed by atoms with Crippen LogP contribution >= 0.6 is 15.9 Å². The third-order valence-corrected chi connectivity index (χ3v) is 5.54. The Labute approximate surface area is 136 Å². The lowest BCUT2D eigenvalue weighted by atomic mass is 10.0. The highest BCUT2D eigenvalue weighted by molar-refractivity contribution is 9.10. The maximum absolute atomic E-state index is 10.4. The monoisotopic (exact) mass is 352 g/mol. The van der Waals surface area contributed by atoms with Crippen molar-refractivity contribution in [3.05, 3.63) is 34.3 Å². The van der Waals surface area contributed by atoms with Gasteiger partial charge in [-0.3, -0.25) is 9.80 Å². The fraction of sp³-hybridized carbons (Fsp3) is 0.647. The van der Waals surface area contributed by atoms with E-state index in [4.69, 9.17) is 0 Å². The van der Waals surface area contributed by atoms with E-state index in [9.17, 15) is 5.11 Å². The lowest BCUT2D eigenvalue weighted by Gasteiger charge is -2.42. The highest BCUT2D eigenvalue weighted by atomic mass is 79.9. The molecule has 0 bridgehead atoms. The number of rotatable bonds is 4. The molecule has 3 nitrogen and oxygen atoms in total. The molecule has 1 N–H and O–H groups in total. The second-order valence-electron chi connectivity index (χ2n) is 6.49. The summed E-state index contributed by atoms with van der Waals surface area (Å²) in [6, 6.07) is 9.37. The minimum absolute atomic E-state index is 0.355. The first kappa shape index (κ1) is 15.5. The molecule has 0 amide bonds. The second kappa shape index (κ2) is 6.78. The van der Waals surface area contributed by atoms with E-state index in [0.29, 0.717) is 6.04 Å². The molecule has 0 aromatic heterocycles. The lowest BCUT2D eigenvalue weighted by molar-refractivity contribution is 0.0459. The Bertz CT molecular complexity index is 464. The van der Waals surface area contributed by atoms with Gasteiger partial charge in [0.1, 0.15) is 0 Å². The predicted molar refractivity (Wildman–Crippen MR) is 89.3 cm³/mol. The quantitative estimate of drug-likeness (QED) is 0.901. The fourth-order valence-electron chi connectivity index (χ4n) is 3.70. The van der Waals surface area contributed by atoms with Crippen LogP contribution in [0.4, 0.5) is 0 Å². The van der Waals surface area contributed by atoms with Crippen LogP contribution < -0.4 is 0 Å². The Morgan fingerprint density at radius 3 is 2.81 bits per heavy atom. The van der Waals surface area contributed by atoms with E-state index in [1.807, 2.05) is 24.3 Å². The van der Waals surface area contributed by atoms with Gasteiger partial charge in [-0.2, -0.15) is 0 Å². The molecule has 1 aromatic carbocycles. The normalized spacial score (nSPS) is 28.5. The number of fused-ring (bicyclic) bond motifs is 1. The zero-order chi connectivity index (χ0) is 14.8. The Morgan fingerprint density at radius 2 is 2.05 bits per heavy atom. The summed E-state index contributed by atoms with van der Waals surface area (Å²) < 4.78 is 1.06. The third-order valence-electron chi connectivity index (χ3n) is 5.01. The molecule has 0 radical (unpaired) electrons. The van der Waals surface area contributed by atoms with Crippen molar-refractivity contribution in [2.45, 2.75) is 44.4 Å². The second-order valence-corrected chi connectivity index (χ2v) is 7.41. The Morgan fingerprint density at radius 1 is 1.29 bits per heavy atom. The van der Waals surface area contributed by atoms with Crippen LogP contribution in [-0.4, -0.2) is 53.2 Å². The van der Waals surface area contributed by atoms with Gasteiger partial charge in [0, 0.05) is 36.2 Å². The standard InChI is InChI=1S/C17H25BrN2O/c1-13-11-20-9-2-3-16(20)12-19(13)10-8-17(21)14-4-6-15(18)7-5-14/h4-7,13,16-17,21H,2-3,8-12H2,1H3. The number of halogens is 1. The molecule has 1 aromatic rings. The van der Waals surface area contributed by atoms with Crippen LogP contribution in [0.1, 0.15) is 37.9 Å². The molecular formula is C17H25BrN2O. The molecule has 0 aliphatic carbocycles. The van der Waals surface area contributed by atoms with E-state index in [1.54, 1.807) is 0 Å². The van der Waals surface area contributed by atoms with Gasteiger partial charge in [-0.1, -0.05) is 28.1 Å². The molecule has 3 atom stereocenters. The summed E-state index contributed by atoms with van der Waals surface area (Å²) in [5.74, 6) is 0. The minimum Gasteiger partial charge on any atom is -0.388 e. The average molecular weight is 353 g/mol. The van der Waals surface area contributed by atoms with Gasteiger partial charge in [-0.15, -0.1) is 0 Å². The van der Waals surface area contributed by atoms with Gasteiger partial charge in [0.05, 0.1) is 6.10 Å². The Balaban J connectivity index is 1.53. The highest BCUT2D eigenvalue weighted by Gasteiger charge is 2.34. The molecule has 3 unspecified atom stereocenters. The van der Waals surface area contributed by atoms with E-state index in [-0.39, 0.29) is 6.10 Å². The molecule has 0 saturated carbocycles. The van der Waals surface area contributed by atoms with Crippen LogP contribution in [0.25, 0.3) is 0 Å². The van der Waals surface area contributed by atoms with E-state index in [1.165, 1.54) is 32.5 Å². The first-order chi connectivity index (χ1) is 10.1. The zero-order valence-corrected chi connectivity index (χ0v) is 14.3. The number of benzene rings is 1. The summed E-state index contributed by atoms with van der Waals surface area (Å²) >= 11 is 3.44. The van der Waals surface area contributed by atoms with Gasteiger partial charge in [0.2, 0.25) is 0 Å². The fourth-order valence-corrected chi connectivity index (χ4v) is 3.96. The summed E-state index contributed by atoms with van der Waals surface area (Å²) in [7, 11) is 0. The molecular weight excluding hydrogens is 328 g/mol. The molecule has 3 rings (SSSR count). The van der Waals surface area contributed by atoms with E-state index >= 15 is 0 Å². The van der Waals surface area contributed by atoms with E-state index in [2.05, 4.69) is 32.7 Å². The van der Waals surface area contributed by atoms with Crippen molar-refractivity contribution in [1.82, 2.24) is 9.80 Å². The van der Waals surface area contributed by atoms with Gasteiger partial charge < -0.3 is 5.11 Å². The maximum atomic E-state index is 10.4. The van der Waals surface area contributed by atoms with Crippen LogP contribution in [0.2, 0.25) is 0 Å². The highest BCUT2D eigenvalue weighted by Crippen LogP contribution is 2.26. The number of hydrogen-bond acceptors (Lipinski definition) is 3. The van der Waals surface area contributed by atoms with E-state index in [0.717, 1.165) is 29.0 Å². The molecule has 116 valence electrons. The van der Waals surface area contributed by atoms with Crippen LogP contribution in [0.15, 0.2) is 28.7 Å². The zero-order valence-electron chi connectivity index (χ0n) is 12.7. The largest absolute Gasteiger partial charge is 0.388 e. The van der Waals surface area contributed by atoms with Gasteiger partial charge in [0.15, 0.2) is 0 Å². The van der Waals surface area contributed by atoms with Crippen molar-refractivity contribution < 1.29 is 5.11 Å². The molecule has 4 heteroatoms. The topological polar surface area (TPSA) is 26.7 Å². The molecule has 2 fully saturated rings. The van der Waals surface area contributed by atoms with Crippen molar-refractivity contribution in [3.8, 4) is 0 Å². The van der Waals surface area contributed by atoms with E-state index < -0.39 is 0 Å². The van der Waals surface area contributed by atoms with Crippen LogP contribution in [0, 0.1) is 0 Å². The Kier molecular flexibility index (Phi) is 4.99. The summed E-state index contributed by atoms with van der Waals surface area (Å²) in [6.45, 7) is 6.96. The number of aliphatic hydroxyl groups excluding tert-OH is 1. The maximum Gasteiger partial charge on any atom is 0.0802 e. The van der Waals surface area contributed by atoms with Crippen molar-refractivity contribution in [2.24, 2.45) is 0 Å². The molecule has 2 saturated heterocycles. The third kappa shape index (κ3) is 3.67. The predicted octanol–water partition coefficient (Wildman–Crippen LogP) is 3.04. The van der Waals surface area contributed by atoms with Crippen molar-refractivity contribution >= 4 is 15.9 Å². The van der Waals surface area contributed by atoms with Crippen LogP contribution in [0.5, 0.6) is 0 Å². The summed E-state index contributed by atoms with van der Waals surface area (Å²) in [6.07, 6.45) is 3.16. The SMILES string of the molecule is CC1CN2CCCC2CN1CCC(O)c1ccc(Br)cc1. The number of hydrogen-bond donors (Lipinski definition) is 1. The molecule has 21 heavy (non-hydrogen) atoms. The molecule has 2 aliphatic rings. The van der Waals surface area contributed by atoms with Gasteiger partial charge >= 0.3 is 0 Å². The van der Waals surface area contributed by atoms with Gasteiger partial charge in [-0.05, 0) is 50.4 Å². The summed E-state index contributed by atoms with van der Waals surface area (Å²) in [5, 5.41) is 10.4. The first-order valence-corrected chi connectivity index (χ1v) is 8.84. The Hall–Kier alpha value is -0.420. The lowest BCUT2D eigenvalue weighted by Crippen LogP contribution is -2.55. The summed E-state index contributed by atoms with van der Waals surface area (Å²) in [5.41, 5.74) is 1.02. The number of aliphatic hydroxyl groups is 1. The molecule has 2 aliphatic heterocycles. The minimum atomic E-state index is -0.355. The smallest absolute Gasteiger partial charge is 0.0802 e.